The second kappa shape index (κ2) is 6.57. The Morgan fingerprint density at radius 3 is 2.87 bits per heavy atom. The van der Waals surface area contributed by atoms with Crippen LogP contribution in [0.3, 0.4) is 0 Å². The summed E-state index contributed by atoms with van der Waals surface area (Å²) in [7, 11) is 0. The molecule has 8 heteroatoms. The largest absolute Gasteiger partial charge is 0.373 e. The Bertz CT molecular complexity index is 898. The quantitative estimate of drug-likeness (QED) is 0.725. The van der Waals surface area contributed by atoms with E-state index in [1.54, 1.807) is 0 Å². The summed E-state index contributed by atoms with van der Waals surface area (Å²) < 4.78 is 31.8. The van der Waals surface area contributed by atoms with Crippen LogP contribution in [0.1, 0.15) is 11.4 Å². The molecule has 3 rings (SSSR count). The van der Waals surface area contributed by atoms with Crippen molar-refractivity contribution in [1.82, 2.24) is 19.9 Å². The predicted molar refractivity (Wildman–Crippen MR) is 77.7 cm³/mol. The van der Waals surface area contributed by atoms with E-state index in [2.05, 4.69) is 19.9 Å². The summed E-state index contributed by atoms with van der Waals surface area (Å²) in [6.45, 7) is 0.182. The molecule has 23 heavy (non-hydrogen) atoms. The molecule has 2 heterocycles. The Morgan fingerprint density at radius 2 is 2.00 bits per heavy atom. The fraction of sp³-hybridized carbons (Fsp3) is 0.200. The van der Waals surface area contributed by atoms with Crippen LogP contribution in [0.4, 0.5) is 8.78 Å². The Hall–Kier alpha value is -2.74. The Balaban J connectivity index is 1.63. The molecule has 2 aromatic heterocycles. The third-order valence-corrected chi connectivity index (χ3v) is 3.15. The zero-order chi connectivity index (χ0) is 16.2. The zero-order valence-electron chi connectivity index (χ0n) is 11.9. The molecule has 1 N–H and O–H groups in total. The third kappa shape index (κ3) is 3.54. The van der Waals surface area contributed by atoms with Gasteiger partial charge in [0, 0.05) is 12.4 Å². The van der Waals surface area contributed by atoms with Crippen LogP contribution in [0.15, 0.2) is 35.4 Å². The van der Waals surface area contributed by atoms with Crippen molar-refractivity contribution in [2.75, 3.05) is 6.61 Å². The Morgan fingerprint density at radius 1 is 1.17 bits per heavy atom. The molecule has 0 atom stereocenters. The third-order valence-electron chi connectivity index (χ3n) is 3.15. The molecular formula is C15H12F2N4O2. The van der Waals surface area contributed by atoms with Crippen LogP contribution in [0.5, 0.6) is 0 Å². The van der Waals surface area contributed by atoms with Crippen molar-refractivity contribution < 1.29 is 13.5 Å². The first-order valence-electron chi connectivity index (χ1n) is 6.85. The van der Waals surface area contributed by atoms with Gasteiger partial charge in [0.1, 0.15) is 24.1 Å². The predicted octanol–water partition coefficient (Wildman–Crippen LogP) is 1.75. The van der Waals surface area contributed by atoms with Crippen molar-refractivity contribution in [2.45, 2.75) is 13.0 Å². The lowest BCUT2D eigenvalue weighted by Gasteiger charge is -2.06. The average molecular weight is 318 g/mol. The second-order valence-corrected chi connectivity index (χ2v) is 4.78. The lowest BCUT2D eigenvalue weighted by Crippen LogP contribution is -2.15. The number of ether oxygens (including phenoxy) is 1. The molecule has 0 aliphatic rings. The summed E-state index contributed by atoms with van der Waals surface area (Å²) in [5.74, 6) is -0.689. The summed E-state index contributed by atoms with van der Waals surface area (Å²) in [5, 5.41) is 0. The van der Waals surface area contributed by atoms with Crippen LogP contribution >= 0.6 is 0 Å². The maximum absolute atomic E-state index is 13.5. The van der Waals surface area contributed by atoms with Gasteiger partial charge in [0.15, 0.2) is 11.2 Å². The van der Waals surface area contributed by atoms with E-state index in [-0.39, 0.29) is 36.4 Å². The van der Waals surface area contributed by atoms with Gasteiger partial charge in [0.25, 0.3) is 5.56 Å². The molecule has 0 aliphatic heterocycles. The normalized spacial score (nSPS) is 11.0. The molecule has 0 saturated carbocycles. The molecule has 1 aromatic carbocycles. The van der Waals surface area contributed by atoms with E-state index in [4.69, 9.17) is 4.74 Å². The smallest absolute Gasteiger partial charge is 0.279 e. The van der Waals surface area contributed by atoms with Crippen LogP contribution < -0.4 is 5.56 Å². The standard InChI is InChI=1S/C15H12F2N4O2/c16-10-1-2-11(17)9(7-10)3-6-23-8-12-20-14-13(15(22)21-12)18-4-5-19-14/h1-2,4-5,7H,3,6,8H2,(H,19,20,21,22). The van der Waals surface area contributed by atoms with Crippen molar-refractivity contribution >= 4 is 11.2 Å². The maximum Gasteiger partial charge on any atom is 0.279 e. The number of benzene rings is 1. The minimum atomic E-state index is -0.500. The number of aromatic amines is 1. The Kier molecular flexibility index (Phi) is 4.33. The molecule has 0 unspecified atom stereocenters. The molecule has 0 bridgehead atoms. The van der Waals surface area contributed by atoms with E-state index in [9.17, 15) is 13.6 Å². The molecule has 0 fully saturated rings. The van der Waals surface area contributed by atoms with Crippen molar-refractivity contribution in [2.24, 2.45) is 0 Å². The molecule has 3 aromatic rings. The molecule has 0 radical (unpaired) electrons. The van der Waals surface area contributed by atoms with Gasteiger partial charge in [-0.15, -0.1) is 0 Å². The number of fused-ring (bicyclic) bond motifs is 1. The number of nitrogens with one attached hydrogen (secondary N) is 1. The van der Waals surface area contributed by atoms with E-state index in [0.29, 0.717) is 5.82 Å². The van der Waals surface area contributed by atoms with E-state index < -0.39 is 17.2 Å². The molecule has 0 spiro atoms. The van der Waals surface area contributed by atoms with Crippen molar-refractivity contribution in [1.29, 1.82) is 0 Å². The zero-order valence-corrected chi connectivity index (χ0v) is 11.9. The Labute approximate surface area is 129 Å². The highest BCUT2D eigenvalue weighted by Crippen LogP contribution is 2.10. The van der Waals surface area contributed by atoms with Crippen molar-refractivity contribution in [3.63, 3.8) is 0 Å². The topological polar surface area (TPSA) is 80.8 Å². The van der Waals surface area contributed by atoms with Gasteiger partial charge >= 0.3 is 0 Å². The minimum Gasteiger partial charge on any atom is -0.373 e. The first-order valence-corrected chi connectivity index (χ1v) is 6.85. The summed E-state index contributed by atoms with van der Waals surface area (Å²) in [6.07, 6.45) is 3.05. The number of nitrogens with zero attached hydrogens (tertiary/aromatic N) is 3. The van der Waals surface area contributed by atoms with Crippen molar-refractivity contribution in [3.05, 3.63) is 64.0 Å². The summed E-state index contributed by atoms with van der Waals surface area (Å²) in [6, 6.07) is 3.26. The highest BCUT2D eigenvalue weighted by Gasteiger charge is 2.07. The lowest BCUT2D eigenvalue weighted by molar-refractivity contribution is 0.118. The number of aromatic nitrogens is 4. The SMILES string of the molecule is O=c1[nH]c(COCCc2cc(F)ccc2F)nc2nccnc12. The molecule has 0 aliphatic carbocycles. The second-order valence-electron chi connectivity index (χ2n) is 4.78. The highest BCUT2D eigenvalue weighted by atomic mass is 19.1. The maximum atomic E-state index is 13.5. The number of hydrogen-bond acceptors (Lipinski definition) is 5. The monoisotopic (exact) mass is 318 g/mol. The van der Waals surface area contributed by atoms with E-state index in [0.717, 1.165) is 18.2 Å². The summed E-state index contributed by atoms with van der Waals surface area (Å²) >= 11 is 0. The summed E-state index contributed by atoms with van der Waals surface area (Å²) in [5.41, 5.74) is 0.206. The number of hydrogen-bond donors (Lipinski definition) is 1. The van der Waals surface area contributed by atoms with Gasteiger partial charge in [-0.3, -0.25) is 4.79 Å². The molecular weight excluding hydrogens is 306 g/mol. The molecule has 0 amide bonds. The fourth-order valence-electron chi connectivity index (χ4n) is 2.07. The number of halogens is 2. The number of rotatable bonds is 5. The van der Waals surface area contributed by atoms with E-state index >= 15 is 0 Å². The summed E-state index contributed by atoms with van der Waals surface area (Å²) in [4.78, 5) is 26.3. The molecule has 0 saturated heterocycles. The lowest BCUT2D eigenvalue weighted by atomic mass is 10.1. The van der Waals surface area contributed by atoms with Crippen LogP contribution in [-0.2, 0) is 17.8 Å². The van der Waals surface area contributed by atoms with Crippen LogP contribution in [0.25, 0.3) is 11.2 Å². The van der Waals surface area contributed by atoms with Gasteiger partial charge in [-0.05, 0) is 30.2 Å². The highest BCUT2D eigenvalue weighted by molar-refractivity contribution is 5.67. The van der Waals surface area contributed by atoms with Crippen LogP contribution in [0, 0.1) is 11.6 Å². The average Bonchev–Trinajstić information content (AvgIpc) is 2.55. The molecule has 118 valence electrons. The van der Waals surface area contributed by atoms with Crippen LogP contribution in [-0.4, -0.2) is 26.5 Å². The fourth-order valence-corrected chi connectivity index (χ4v) is 2.07. The first kappa shape index (κ1) is 15.2. The first-order chi connectivity index (χ1) is 11.1. The van der Waals surface area contributed by atoms with E-state index in [1.807, 2.05) is 0 Å². The minimum absolute atomic E-state index is 0.0265. The van der Waals surface area contributed by atoms with E-state index in [1.165, 1.54) is 12.4 Å². The van der Waals surface area contributed by atoms with Gasteiger partial charge in [-0.25, -0.2) is 23.7 Å². The van der Waals surface area contributed by atoms with Gasteiger partial charge < -0.3 is 9.72 Å². The molecule has 6 nitrogen and oxygen atoms in total. The van der Waals surface area contributed by atoms with Crippen LogP contribution in [0.2, 0.25) is 0 Å². The van der Waals surface area contributed by atoms with Gasteiger partial charge in [-0.2, -0.15) is 0 Å². The van der Waals surface area contributed by atoms with Crippen molar-refractivity contribution in [3.8, 4) is 0 Å². The van der Waals surface area contributed by atoms with Gasteiger partial charge in [0.2, 0.25) is 0 Å². The number of H-pyrrole nitrogens is 1. The van der Waals surface area contributed by atoms with Gasteiger partial charge in [0.05, 0.1) is 6.61 Å². The van der Waals surface area contributed by atoms with Gasteiger partial charge in [-0.1, -0.05) is 0 Å².